The van der Waals surface area contributed by atoms with Gasteiger partial charge in [-0.1, -0.05) is 0 Å². The number of likely N-dealkylation sites (tertiary alicyclic amines) is 1. The number of nitrogens with zero attached hydrogens (tertiary/aromatic N) is 1. The topological polar surface area (TPSA) is 23.5 Å². The second-order valence-corrected chi connectivity index (χ2v) is 3.06. The van der Waals surface area contributed by atoms with E-state index in [9.17, 15) is 4.39 Å². The van der Waals surface area contributed by atoms with E-state index in [0.717, 1.165) is 25.9 Å². The Hall–Kier alpha value is -0.150. The van der Waals surface area contributed by atoms with Crippen molar-refractivity contribution in [2.75, 3.05) is 26.4 Å². The summed E-state index contributed by atoms with van der Waals surface area (Å²) < 4.78 is 11.8. The molecule has 0 bridgehead atoms. The molecule has 0 saturated carbocycles. The molecule has 1 rings (SSSR count). The Morgan fingerprint density at radius 2 is 2.36 bits per heavy atom. The maximum Gasteiger partial charge on any atom is 0.0906 e. The van der Waals surface area contributed by atoms with Crippen molar-refractivity contribution < 1.29 is 9.50 Å². The third-order valence-electron chi connectivity index (χ3n) is 2.29. The lowest BCUT2D eigenvalue weighted by Crippen LogP contribution is -2.33. The number of aliphatic hydroxyl groups is 1. The molecule has 1 aliphatic heterocycles. The molecule has 1 heterocycles. The molecule has 2 nitrogen and oxygen atoms in total. The fraction of sp³-hybridized carbons (Fsp3) is 1.00. The number of alkyl halides is 1. The zero-order valence-corrected chi connectivity index (χ0v) is 6.80. The average molecular weight is 161 g/mol. The van der Waals surface area contributed by atoms with Crippen LogP contribution in [0, 0.1) is 0 Å². The largest absolute Gasteiger partial charge is 0.395 e. The molecule has 0 radical (unpaired) electrons. The van der Waals surface area contributed by atoms with Gasteiger partial charge < -0.3 is 5.11 Å². The first kappa shape index (κ1) is 8.94. The first-order chi connectivity index (χ1) is 5.38. The predicted octanol–water partition coefficient (Wildman–Crippen LogP) is 0.803. The van der Waals surface area contributed by atoms with Gasteiger partial charge in [-0.15, -0.1) is 0 Å². The summed E-state index contributed by atoms with van der Waals surface area (Å²) in [5, 5.41) is 8.90. The van der Waals surface area contributed by atoms with Crippen LogP contribution in [0.3, 0.4) is 0 Å². The first-order valence-corrected chi connectivity index (χ1v) is 4.29. The lowest BCUT2D eigenvalue weighted by molar-refractivity contribution is 0.155. The number of halogens is 1. The fourth-order valence-corrected chi connectivity index (χ4v) is 1.66. The molecule has 0 amide bonds. The van der Waals surface area contributed by atoms with Crippen LogP contribution in [-0.2, 0) is 0 Å². The van der Waals surface area contributed by atoms with Gasteiger partial charge in [0.1, 0.15) is 0 Å². The van der Waals surface area contributed by atoms with Crippen molar-refractivity contribution in [3.05, 3.63) is 0 Å². The van der Waals surface area contributed by atoms with Crippen molar-refractivity contribution in [3.63, 3.8) is 0 Å². The van der Waals surface area contributed by atoms with Crippen LogP contribution in [0.25, 0.3) is 0 Å². The van der Waals surface area contributed by atoms with E-state index < -0.39 is 0 Å². The predicted molar refractivity (Wildman–Crippen MR) is 42.3 cm³/mol. The maximum atomic E-state index is 11.8. The molecule has 0 spiro atoms. The Balaban J connectivity index is 2.20. The highest BCUT2D eigenvalue weighted by Gasteiger charge is 2.22. The average Bonchev–Trinajstić information content (AvgIpc) is 2.47. The third kappa shape index (κ3) is 2.42. The zero-order valence-electron chi connectivity index (χ0n) is 6.80. The Morgan fingerprint density at radius 1 is 1.55 bits per heavy atom. The molecule has 3 heteroatoms. The molecule has 1 aliphatic rings. The van der Waals surface area contributed by atoms with Crippen LogP contribution in [0.4, 0.5) is 4.39 Å². The standard InChI is InChI=1S/C8H16FNO/c9-4-2-6-10-5-1-3-8(10)7-11/h8,11H,1-7H2/t8-/m1/s1. The highest BCUT2D eigenvalue weighted by molar-refractivity contribution is 4.77. The van der Waals surface area contributed by atoms with E-state index in [-0.39, 0.29) is 13.3 Å². The molecule has 0 aliphatic carbocycles. The van der Waals surface area contributed by atoms with Crippen LogP contribution in [0.2, 0.25) is 0 Å². The molecule has 1 N–H and O–H groups in total. The molecule has 0 aromatic carbocycles. The molecule has 0 aromatic heterocycles. The summed E-state index contributed by atoms with van der Waals surface area (Å²) in [6, 6.07) is 0.307. The van der Waals surface area contributed by atoms with Gasteiger partial charge in [0.15, 0.2) is 0 Å². The summed E-state index contributed by atoms with van der Waals surface area (Å²) in [4.78, 5) is 2.18. The van der Waals surface area contributed by atoms with Gasteiger partial charge >= 0.3 is 0 Å². The Morgan fingerprint density at radius 3 is 3.00 bits per heavy atom. The normalized spacial score (nSPS) is 26.2. The van der Waals surface area contributed by atoms with Crippen molar-refractivity contribution >= 4 is 0 Å². The van der Waals surface area contributed by atoms with E-state index in [2.05, 4.69) is 4.90 Å². The van der Waals surface area contributed by atoms with Gasteiger partial charge in [-0.2, -0.15) is 0 Å². The van der Waals surface area contributed by atoms with E-state index >= 15 is 0 Å². The van der Waals surface area contributed by atoms with Crippen LogP contribution in [0.1, 0.15) is 19.3 Å². The van der Waals surface area contributed by atoms with Gasteiger partial charge in [-0.3, -0.25) is 9.29 Å². The smallest absolute Gasteiger partial charge is 0.0906 e. The molecule has 0 aromatic rings. The summed E-state index contributed by atoms with van der Waals surface area (Å²) in [5.41, 5.74) is 0. The monoisotopic (exact) mass is 161 g/mol. The summed E-state index contributed by atoms with van der Waals surface area (Å²) >= 11 is 0. The molecule has 66 valence electrons. The molecule has 1 fully saturated rings. The van der Waals surface area contributed by atoms with E-state index in [4.69, 9.17) is 5.11 Å². The molecule has 0 unspecified atom stereocenters. The van der Waals surface area contributed by atoms with Gasteiger partial charge in [0.25, 0.3) is 0 Å². The first-order valence-electron chi connectivity index (χ1n) is 4.29. The van der Waals surface area contributed by atoms with Crippen LogP contribution < -0.4 is 0 Å². The number of hydrogen-bond donors (Lipinski definition) is 1. The maximum absolute atomic E-state index is 11.8. The quantitative estimate of drug-likeness (QED) is 0.659. The number of rotatable bonds is 4. The van der Waals surface area contributed by atoms with Gasteiger partial charge in [-0.25, -0.2) is 0 Å². The van der Waals surface area contributed by atoms with E-state index in [0.29, 0.717) is 12.5 Å². The minimum absolute atomic E-state index is 0.228. The van der Waals surface area contributed by atoms with Crippen LogP contribution in [-0.4, -0.2) is 42.4 Å². The van der Waals surface area contributed by atoms with Gasteiger partial charge in [0.2, 0.25) is 0 Å². The van der Waals surface area contributed by atoms with E-state index in [1.54, 1.807) is 0 Å². The second-order valence-electron chi connectivity index (χ2n) is 3.06. The Kier molecular flexibility index (Phi) is 3.80. The second kappa shape index (κ2) is 4.67. The van der Waals surface area contributed by atoms with Crippen molar-refractivity contribution in [1.82, 2.24) is 4.90 Å². The minimum atomic E-state index is -0.241. The van der Waals surface area contributed by atoms with Gasteiger partial charge in [0.05, 0.1) is 13.3 Å². The molecule has 11 heavy (non-hydrogen) atoms. The summed E-state index contributed by atoms with van der Waals surface area (Å²) in [5.74, 6) is 0. The Bertz CT molecular complexity index is 110. The van der Waals surface area contributed by atoms with Crippen LogP contribution in [0.15, 0.2) is 0 Å². The van der Waals surface area contributed by atoms with Gasteiger partial charge in [-0.05, 0) is 25.8 Å². The third-order valence-corrected chi connectivity index (χ3v) is 2.29. The lowest BCUT2D eigenvalue weighted by atomic mass is 10.2. The van der Waals surface area contributed by atoms with Crippen molar-refractivity contribution in [2.24, 2.45) is 0 Å². The fourth-order valence-electron chi connectivity index (χ4n) is 1.66. The van der Waals surface area contributed by atoms with Crippen LogP contribution in [0.5, 0.6) is 0 Å². The minimum Gasteiger partial charge on any atom is -0.395 e. The summed E-state index contributed by atoms with van der Waals surface area (Å²) in [6.07, 6.45) is 2.83. The lowest BCUT2D eigenvalue weighted by Gasteiger charge is -2.21. The summed E-state index contributed by atoms with van der Waals surface area (Å²) in [7, 11) is 0. The molecular weight excluding hydrogens is 145 g/mol. The number of hydrogen-bond acceptors (Lipinski definition) is 2. The van der Waals surface area contributed by atoms with Crippen molar-refractivity contribution in [1.29, 1.82) is 0 Å². The number of aliphatic hydroxyl groups excluding tert-OH is 1. The van der Waals surface area contributed by atoms with E-state index in [1.165, 1.54) is 0 Å². The summed E-state index contributed by atoms with van der Waals surface area (Å²) in [6.45, 7) is 1.83. The Labute approximate surface area is 67.0 Å². The van der Waals surface area contributed by atoms with E-state index in [1.807, 2.05) is 0 Å². The van der Waals surface area contributed by atoms with Gasteiger partial charge in [0, 0.05) is 12.6 Å². The van der Waals surface area contributed by atoms with Crippen LogP contribution >= 0.6 is 0 Å². The molecule has 1 saturated heterocycles. The molecule has 1 atom stereocenters. The molecular formula is C8H16FNO. The highest BCUT2D eigenvalue weighted by Crippen LogP contribution is 2.16. The zero-order chi connectivity index (χ0) is 8.10. The highest BCUT2D eigenvalue weighted by atomic mass is 19.1. The van der Waals surface area contributed by atoms with Crippen molar-refractivity contribution in [2.45, 2.75) is 25.3 Å². The SMILES string of the molecule is OC[C@H]1CCCN1CCCF. The van der Waals surface area contributed by atoms with Crippen molar-refractivity contribution in [3.8, 4) is 0 Å².